The lowest BCUT2D eigenvalue weighted by Gasteiger charge is -2.01. The van der Waals surface area contributed by atoms with Crippen molar-refractivity contribution in [2.45, 2.75) is 6.92 Å². The van der Waals surface area contributed by atoms with Gasteiger partial charge in [-0.2, -0.15) is 0 Å². The molecule has 3 N–H and O–H groups in total. The average molecular weight is 246 g/mol. The molecule has 0 aromatic carbocycles. The fraction of sp³-hybridized carbons (Fsp3) is 0.300. The van der Waals surface area contributed by atoms with Gasteiger partial charge < -0.3 is 11.1 Å². The van der Waals surface area contributed by atoms with Crippen LogP contribution >= 0.6 is 0 Å². The van der Waals surface area contributed by atoms with E-state index in [1.54, 1.807) is 13.0 Å². The molecule has 0 aliphatic carbocycles. The number of nitrogens with one attached hydrogen (secondary N) is 1. The van der Waals surface area contributed by atoms with Gasteiger partial charge in [0.25, 0.3) is 0 Å². The lowest BCUT2D eigenvalue weighted by atomic mass is 10.4. The zero-order valence-electron chi connectivity index (χ0n) is 8.98. The molecule has 0 bridgehead atoms. The van der Waals surface area contributed by atoms with Crippen molar-refractivity contribution < 1.29 is 12.8 Å². The fourth-order valence-corrected chi connectivity index (χ4v) is 2.00. The monoisotopic (exact) mass is 246 g/mol. The second-order valence-corrected chi connectivity index (χ2v) is 4.87. The predicted molar refractivity (Wildman–Crippen MR) is 63.7 cm³/mol. The molecule has 0 amide bonds. The van der Waals surface area contributed by atoms with Crippen LogP contribution in [0.15, 0.2) is 35.0 Å². The number of hydrogen-bond donors (Lipinski definition) is 2. The van der Waals surface area contributed by atoms with Gasteiger partial charge in [-0.25, -0.2) is 12.8 Å². The van der Waals surface area contributed by atoms with E-state index in [9.17, 15) is 12.8 Å². The molecule has 0 unspecified atom stereocenters. The smallest absolute Gasteiger partial charge is 0.186 e. The Kier molecular flexibility index (Phi) is 6.52. The van der Waals surface area contributed by atoms with Crippen LogP contribution in [0.2, 0.25) is 0 Å². The fourth-order valence-electron chi connectivity index (χ4n) is 0.884. The summed E-state index contributed by atoms with van der Waals surface area (Å²) in [5.41, 5.74) is 5.06. The molecule has 0 fully saturated rings. The van der Waals surface area contributed by atoms with E-state index in [0.717, 1.165) is 6.08 Å². The highest BCUT2D eigenvalue weighted by Crippen LogP contribution is 2.10. The third-order valence-electron chi connectivity index (χ3n) is 1.62. The van der Waals surface area contributed by atoms with Crippen molar-refractivity contribution in [3.8, 4) is 0 Å². The average Bonchev–Trinajstić information content (AvgIpc) is 2.17. The van der Waals surface area contributed by atoms with Crippen molar-refractivity contribution in [2.75, 3.05) is 12.3 Å². The van der Waals surface area contributed by atoms with Gasteiger partial charge in [0.1, 0.15) is 11.6 Å². The van der Waals surface area contributed by atoms with Crippen LogP contribution in [-0.2, 0) is 9.84 Å². The molecule has 0 saturated heterocycles. The standard InChI is InChI=1S/C10H15FN2O2S/c1-2-3-4-10(7-13)16(14,15)8-9(11)5-6-12/h2-5,7,13H,6,8,12H2,1H3/b3-2-,9-5-,10-4+,13-7?. The van der Waals surface area contributed by atoms with Crippen molar-refractivity contribution in [3.63, 3.8) is 0 Å². The minimum absolute atomic E-state index is 0.0557. The highest BCUT2D eigenvalue weighted by Gasteiger charge is 2.17. The Morgan fingerprint density at radius 3 is 2.56 bits per heavy atom. The molecule has 90 valence electrons. The van der Waals surface area contributed by atoms with Gasteiger partial charge in [0.2, 0.25) is 0 Å². The van der Waals surface area contributed by atoms with Crippen LogP contribution in [0.25, 0.3) is 0 Å². The van der Waals surface area contributed by atoms with Crippen molar-refractivity contribution >= 4 is 16.1 Å². The molecular weight excluding hydrogens is 231 g/mol. The quantitative estimate of drug-likeness (QED) is 0.547. The van der Waals surface area contributed by atoms with Crippen LogP contribution in [0.1, 0.15) is 6.92 Å². The van der Waals surface area contributed by atoms with Gasteiger partial charge in [-0.05, 0) is 19.1 Å². The van der Waals surface area contributed by atoms with E-state index in [-0.39, 0.29) is 11.4 Å². The molecule has 0 radical (unpaired) electrons. The normalized spacial score (nSPS) is 14.4. The van der Waals surface area contributed by atoms with E-state index in [1.165, 1.54) is 12.2 Å². The van der Waals surface area contributed by atoms with Crippen LogP contribution in [0.5, 0.6) is 0 Å². The molecular formula is C10H15FN2O2S. The van der Waals surface area contributed by atoms with E-state index in [0.29, 0.717) is 6.21 Å². The highest BCUT2D eigenvalue weighted by atomic mass is 32.2. The molecule has 0 aliphatic rings. The Morgan fingerprint density at radius 1 is 1.50 bits per heavy atom. The minimum Gasteiger partial charge on any atom is -0.327 e. The molecule has 0 rings (SSSR count). The predicted octanol–water partition coefficient (Wildman–Crippen LogP) is 1.32. The number of allylic oxidation sites excluding steroid dienone is 4. The minimum atomic E-state index is -3.80. The van der Waals surface area contributed by atoms with Crippen LogP contribution in [0.3, 0.4) is 0 Å². The van der Waals surface area contributed by atoms with Crippen LogP contribution in [0, 0.1) is 5.41 Å². The van der Waals surface area contributed by atoms with E-state index < -0.39 is 21.4 Å². The lowest BCUT2D eigenvalue weighted by Crippen LogP contribution is -2.11. The number of nitrogens with two attached hydrogens (primary N) is 1. The summed E-state index contributed by atoms with van der Waals surface area (Å²) < 4.78 is 36.2. The maximum atomic E-state index is 13.0. The van der Waals surface area contributed by atoms with Gasteiger partial charge in [-0.15, -0.1) is 0 Å². The SMILES string of the molecule is C/C=C\C=C(/C=N)S(=O)(=O)C/C(F)=C/CN. The van der Waals surface area contributed by atoms with Crippen LogP contribution < -0.4 is 5.73 Å². The van der Waals surface area contributed by atoms with E-state index in [2.05, 4.69) is 0 Å². The highest BCUT2D eigenvalue weighted by molar-refractivity contribution is 7.96. The summed E-state index contributed by atoms with van der Waals surface area (Å²) in [5.74, 6) is -1.57. The molecule has 0 heterocycles. The Hall–Kier alpha value is -1.27. The van der Waals surface area contributed by atoms with Crippen LogP contribution in [0.4, 0.5) is 4.39 Å². The number of halogens is 1. The van der Waals surface area contributed by atoms with Crippen molar-refractivity contribution in [1.82, 2.24) is 0 Å². The first kappa shape index (κ1) is 14.7. The lowest BCUT2D eigenvalue weighted by molar-refractivity contribution is 0.589. The number of rotatable bonds is 6. The molecule has 0 atom stereocenters. The van der Waals surface area contributed by atoms with Crippen LogP contribution in [-0.4, -0.2) is 26.9 Å². The molecule has 0 saturated carbocycles. The number of hydrogen-bond acceptors (Lipinski definition) is 4. The first-order valence-corrected chi connectivity index (χ1v) is 6.24. The maximum absolute atomic E-state index is 13.0. The third-order valence-corrected chi connectivity index (χ3v) is 3.25. The Balaban J connectivity index is 5.04. The maximum Gasteiger partial charge on any atom is 0.186 e. The van der Waals surface area contributed by atoms with Gasteiger partial charge in [0, 0.05) is 12.8 Å². The summed E-state index contributed by atoms with van der Waals surface area (Å²) in [5, 5.41) is 6.97. The van der Waals surface area contributed by atoms with Gasteiger partial charge in [0.05, 0.1) is 4.91 Å². The molecule has 16 heavy (non-hydrogen) atoms. The second-order valence-electron chi connectivity index (χ2n) is 2.88. The third kappa shape index (κ3) is 4.99. The zero-order valence-corrected chi connectivity index (χ0v) is 9.80. The summed E-state index contributed by atoms with van der Waals surface area (Å²) in [6.45, 7) is 1.65. The van der Waals surface area contributed by atoms with Gasteiger partial charge >= 0.3 is 0 Å². The summed E-state index contributed by atoms with van der Waals surface area (Å²) >= 11 is 0. The molecule has 0 aliphatic heterocycles. The van der Waals surface area contributed by atoms with Gasteiger partial charge in [-0.3, -0.25) is 0 Å². The summed E-state index contributed by atoms with van der Waals surface area (Å²) in [6.07, 6.45) is 6.02. The molecule has 0 aromatic heterocycles. The van der Waals surface area contributed by atoms with Crippen molar-refractivity contribution in [1.29, 1.82) is 5.41 Å². The van der Waals surface area contributed by atoms with Crippen molar-refractivity contribution in [2.24, 2.45) is 5.73 Å². The number of sulfone groups is 1. The van der Waals surface area contributed by atoms with E-state index >= 15 is 0 Å². The summed E-state index contributed by atoms with van der Waals surface area (Å²) in [6, 6.07) is 0. The largest absolute Gasteiger partial charge is 0.327 e. The summed E-state index contributed by atoms with van der Waals surface area (Å²) in [7, 11) is -3.80. The molecule has 6 heteroatoms. The Morgan fingerprint density at radius 2 is 2.12 bits per heavy atom. The molecule has 0 spiro atoms. The van der Waals surface area contributed by atoms with Gasteiger partial charge in [-0.1, -0.05) is 12.2 Å². The second kappa shape index (κ2) is 7.08. The Bertz CT molecular complexity index is 422. The van der Waals surface area contributed by atoms with Crippen molar-refractivity contribution in [3.05, 3.63) is 35.0 Å². The topological polar surface area (TPSA) is 84.0 Å². The van der Waals surface area contributed by atoms with Gasteiger partial charge in [0.15, 0.2) is 9.84 Å². The summed E-state index contributed by atoms with van der Waals surface area (Å²) in [4.78, 5) is -0.230. The zero-order chi connectivity index (χ0) is 12.6. The van der Waals surface area contributed by atoms with E-state index in [4.69, 9.17) is 11.1 Å². The first-order chi connectivity index (χ1) is 7.47. The molecule has 4 nitrogen and oxygen atoms in total. The Labute approximate surface area is 94.8 Å². The molecule has 0 aromatic rings. The van der Waals surface area contributed by atoms with E-state index in [1.807, 2.05) is 0 Å². The first-order valence-electron chi connectivity index (χ1n) is 4.58.